The first-order chi connectivity index (χ1) is 10.2. The molecular weight excluding hydrogens is 301 g/mol. The van der Waals surface area contributed by atoms with Crippen LogP contribution in [0.25, 0.3) is 0 Å². The number of rotatable bonds is 6. The molecule has 1 saturated carbocycles. The van der Waals surface area contributed by atoms with Crippen molar-refractivity contribution in [1.82, 2.24) is 4.90 Å². The molecule has 1 aliphatic carbocycles. The Labute approximate surface area is 138 Å². The lowest BCUT2D eigenvalue weighted by atomic mass is 9.95. The maximum Gasteiger partial charge on any atom is 0.0595 e. The summed E-state index contributed by atoms with van der Waals surface area (Å²) in [6, 6.07) is 6.87. The van der Waals surface area contributed by atoms with Gasteiger partial charge in [-0.15, -0.1) is 0 Å². The van der Waals surface area contributed by atoms with Crippen molar-refractivity contribution in [3.8, 4) is 0 Å². The average molecular weight is 326 g/mol. The van der Waals surface area contributed by atoms with E-state index in [1.807, 2.05) is 12.1 Å². The predicted molar refractivity (Wildman–Crippen MR) is 91.3 cm³/mol. The van der Waals surface area contributed by atoms with Crippen LogP contribution in [0.15, 0.2) is 18.2 Å². The third kappa shape index (κ3) is 4.61. The van der Waals surface area contributed by atoms with Gasteiger partial charge in [-0.05, 0) is 75.1 Å². The molecule has 1 saturated heterocycles. The van der Waals surface area contributed by atoms with Crippen molar-refractivity contribution in [2.24, 2.45) is 5.92 Å². The molecule has 0 aromatic heterocycles. The van der Waals surface area contributed by atoms with E-state index in [0.29, 0.717) is 10.0 Å². The quantitative estimate of drug-likeness (QED) is 0.659. The largest absolute Gasteiger partial charge is 0.300 e. The third-order valence-corrected chi connectivity index (χ3v) is 5.66. The highest BCUT2D eigenvalue weighted by molar-refractivity contribution is 6.42. The van der Waals surface area contributed by atoms with Crippen LogP contribution in [0.2, 0.25) is 10.0 Å². The Morgan fingerprint density at radius 2 is 1.90 bits per heavy atom. The minimum Gasteiger partial charge on any atom is -0.300 e. The minimum atomic E-state index is 0.656. The van der Waals surface area contributed by atoms with Gasteiger partial charge in [0.2, 0.25) is 0 Å². The molecule has 1 atom stereocenters. The van der Waals surface area contributed by atoms with Crippen LogP contribution in [0.5, 0.6) is 0 Å². The van der Waals surface area contributed by atoms with E-state index in [1.165, 1.54) is 63.6 Å². The minimum absolute atomic E-state index is 0.656. The first-order valence-corrected chi connectivity index (χ1v) is 9.16. The smallest absolute Gasteiger partial charge is 0.0595 e. The number of aryl methyl sites for hydroxylation is 1. The van der Waals surface area contributed by atoms with Crippen molar-refractivity contribution < 1.29 is 0 Å². The first kappa shape index (κ1) is 15.6. The Morgan fingerprint density at radius 1 is 1.05 bits per heavy atom. The summed E-state index contributed by atoms with van der Waals surface area (Å²) in [5.41, 5.74) is 1.31. The van der Waals surface area contributed by atoms with Gasteiger partial charge in [-0.3, -0.25) is 0 Å². The molecule has 1 aliphatic heterocycles. The van der Waals surface area contributed by atoms with Gasteiger partial charge in [-0.2, -0.15) is 0 Å². The molecule has 0 amide bonds. The zero-order valence-electron chi connectivity index (χ0n) is 12.7. The molecule has 0 spiro atoms. The summed E-state index contributed by atoms with van der Waals surface area (Å²) < 4.78 is 0. The number of benzene rings is 1. The Hall–Kier alpha value is -0.240. The van der Waals surface area contributed by atoms with Gasteiger partial charge in [0.15, 0.2) is 0 Å². The molecule has 3 heteroatoms. The second kappa shape index (κ2) is 7.35. The van der Waals surface area contributed by atoms with Gasteiger partial charge in [0.1, 0.15) is 0 Å². The van der Waals surface area contributed by atoms with Gasteiger partial charge in [-0.1, -0.05) is 35.7 Å². The van der Waals surface area contributed by atoms with Gasteiger partial charge in [-0.25, -0.2) is 0 Å². The Bertz CT molecular complexity index is 470. The summed E-state index contributed by atoms with van der Waals surface area (Å²) in [5.74, 6) is 1.01. The van der Waals surface area contributed by atoms with Gasteiger partial charge in [0, 0.05) is 12.6 Å². The monoisotopic (exact) mass is 325 g/mol. The Balaban J connectivity index is 1.47. The Kier molecular flexibility index (Phi) is 5.48. The summed E-state index contributed by atoms with van der Waals surface area (Å²) in [4.78, 5) is 2.77. The number of hydrogen-bond acceptors (Lipinski definition) is 1. The van der Waals surface area contributed by atoms with E-state index < -0.39 is 0 Å². The number of likely N-dealkylation sites (tertiary alicyclic amines) is 1. The van der Waals surface area contributed by atoms with Crippen molar-refractivity contribution in [3.05, 3.63) is 33.8 Å². The maximum atomic E-state index is 6.09. The molecule has 0 bridgehead atoms. The maximum absolute atomic E-state index is 6.09. The number of halogens is 2. The van der Waals surface area contributed by atoms with Gasteiger partial charge >= 0.3 is 0 Å². The van der Waals surface area contributed by atoms with E-state index in [2.05, 4.69) is 11.0 Å². The second-order valence-electron chi connectivity index (χ2n) is 6.73. The van der Waals surface area contributed by atoms with E-state index >= 15 is 0 Å². The molecule has 1 nitrogen and oxygen atoms in total. The highest BCUT2D eigenvalue weighted by atomic mass is 35.5. The molecule has 116 valence electrons. The van der Waals surface area contributed by atoms with Crippen molar-refractivity contribution in [3.63, 3.8) is 0 Å². The summed E-state index contributed by atoms with van der Waals surface area (Å²) in [7, 11) is 0. The standard InChI is InChI=1S/C18H25Cl2N/c19-17-10-9-14(12-18(17)20)4-3-6-16-5-1-2-11-21(16)13-15-7-8-15/h9-10,12,15-16H,1-8,11,13H2/t16-/m0/s1. The van der Waals surface area contributed by atoms with Crippen LogP contribution in [0.1, 0.15) is 50.5 Å². The molecule has 2 aliphatic rings. The molecule has 21 heavy (non-hydrogen) atoms. The lowest BCUT2D eigenvalue weighted by Gasteiger charge is -2.36. The van der Waals surface area contributed by atoms with Crippen LogP contribution in [0.4, 0.5) is 0 Å². The predicted octanol–water partition coefficient (Wildman–Crippen LogP) is 5.58. The summed E-state index contributed by atoms with van der Waals surface area (Å²) >= 11 is 12.1. The fraction of sp³-hybridized carbons (Fsp3) is 0.667. The SMILES string of the molecule is Clc1ccc(CCC[C@@H]2CCCCN2CC2CC2)cc1Cl. The molecule has 0 N–H and O–H groups in total. The Morgan fingerprint density at radius 3 is 2.67 bits per heavy atom. The molecule has 2 fully saturated rings. The van der Waals surface area contributed by atoms with E-state index in [4.69, 9.17) is 23.2 Å². The number of hydrogen-bond donors (Lipinski definition) is 0. The van der Waals surface area contributed by atoms with Gasteiger partial charge < -0.3 is 4.90 Å². The summed E-state index contributed by atoms with van der Waals surface area (Å²) in [5, 5.41) is 1.34. The van der Waals surface area contributed by atoms with Crippen LogP contribution < -0.4 is 0 Å². The topological polar surface area (TPSA) is 3.24 Å². The fourth-order valence-electron chi connectivity index (χ4n) is 3.50. The van der Waals surface area contributed by atoms with E-state index in [1.54, 1.807) is 0 Å². The lowest BCUT2D eigenvalue weighted by Crippen LogP contribution is -2.40. The van der Waals surface area contributed by atoms with Crippen molar-refractivity contribution in [2.45, 2.75) is 57.4 Å². The van der Waals surface area contributed by atoms with Crippen LogP contribution in [0.3, 0.4) is 0 Å². The lowest BCUT2D eigenvalue weighted by molar-refractivity contribution is 0.132. The molecule has 1 aromatic rings. The first-order valence-electron chi connectivity index (χ1n) is 8.40. The molecule has 3 rings (SSSR count). The highest BCUT2D eigenvalue weighted by Crippen LogP contribution is 2.33. The van der Waals surface area contributed by atoms with E-state index in [9.17, 15) is 0 Å². The van der Waals surface area contributed by atoms with Crippen LogP contribution in [-0.4, -0.2) is 24.0 Å². The molecule has 0 unspecified atom stereocenters. The van der Waals surface area contributed by atoms with Crippen molar-refractivity contribution in [1.29, 1.82) is 0 Å². The number of piperidine rings is 1. The summed E-state index contributed by atoms with van der Waals surface area (Å²) in [6.07, 6.45) is 10.8. The van der Waals surface area contributed by atoms with Crippen molar-refractivity contribution in [2.75, 3.05) is 13.1 Å². The van der Waals surface area contributed by atoms with Gasteiger partial charge in [0.05, 0.1) is 10.0 Å². The summed E-state index contributed by atoms with van der Waals surface area (Å²) in [6.45, 7) is 2.69. The molecule has 1 aromatic carbocycles. The van der Waals surface area contributed by atoms with E-state index in [0.717, 1.165) is 18.4 Å². The highest BCUT2D eigenvalue weighted by Gasteiger charge is 2.29. The number of nitrogens with zero attached hydrogens (tertiary/aromatic N) is 1. The van der Waals surface area contributed by atoms with E-state index in [-0.39, 0.29) is 0 Å². The molecular formula is C18H25Cl2N. The van der Waals surface area contributed by atoms with Crippen LogP contribution >= 0.6 is 23.2 Å². The molecule has 1 heterocycles. The average Bonchev–Trinajstić information content (AvgIpc) is 3.29. The van der Waals surface area contributed by atoms with Gasteiger partial charge in [0.25, 0.3) is 0 Å². The fourth-order valence-corrected chi connectivity index (χ4v) is 3.82. The van der Waals surface area contributed by atoms with Crippen LogP contribution in [0, 0.1) is 5.92 Å². The van der Waals surface area contributed by atoms with Crippen LogP contribution in [-0.2, 0) is 6.42 Å². The normalized spacial score (nSPS) is 23.4. The van der Waals surface area contributed by atoms with Crippen molar-refractivity contribution >= 4 is 23.2 Å². The third-order valence-electron chi connectivity index (χ3n) is 4.93. The second-order valence-corrected chi connectivity index (χ2v) is 7.54. The zero-order chi connectivity index (χ0) is 14.7. The molecule has 0 radical (unpaired) electrons. The zero-order valence-corrected chi connectivity index (χ0v) is 14.2.